The Hall–Kier alpha value is -1.55. The number of carbonyl (C=O) groups excluding carboxylic acids is 2. The van der Waals surface area contributed by atoms with Crippen molar-refractivity contribution in [1.82, 2.24) is 0 Å². The SMILES string of the molecule is CC[C@@]1(C2C(=O)OC(C)(C)OC2=O)CCc2c(Cl)cccc21. The summed E-state index contributed by atoms with van der Waals surface area (Å²) < 4.78 is 10.7. The van der Waals surface area contributed by atoms with Crippen LogP contribution in [0.3, 0.4) is 0 Å². The van der Waals surface area contributed by atoms with Crippen LogP contribution in [0.4, 0.5) is 0 Å². The highest BCUT2D eigenvalue weighted by Gasteiger charge is 2.56. The molecule has 1 aliphatic carbocycles. The summed E-state index contributed by atoms with van der Waals surface area (Å²) in [5.41, 5.74) is 1.41. The highest BCUT2D eigenvalue weighted by Crippen LogP contribution is 2.50. The Balaban J connectivity index is 2.09. The maximum atomic E-state index is 12.5. The first-order valence-electron chi connectivity index (χ1n) is 7.54. The molecule has 0 saturated carbocycles. The molecule has 118 valence electrons. The molecule has 0 unspecified atom stereocenters. The highest BCUT2D eigenvalue weighted by molar-refractivity contribution is 6.31. The Morgan fingerprint density at radius 2 is 1.86 bits per heavy atom. The summed E-state index contributed by atoms with van der Waals surface area (Å²) in [5.74, 6) is -3.13. The van der Waals surface area contributed by atoms with Crippen molar-refractivity contribution < 1.29 is 19.1 Å². The lowest BCUT2D eigenvalue weighted by molar-refractivity contribution is -0.243. The largest absolute Gasteiger partial charge is 0.422 e. The van der Waals surface area contributed by atoms with Crippen molar-refractivity contribution in [1.29, 1.82) is 0 Å². The summed E-state index contributed by atoms with van der Waals surface area (Å²) in [6.07, 6.45) is 2.09. The predicted octanol–water partition coefficient (Wildman–Crippen LogP) is 3.39. The second-order valence-electron chi connectivity index (χ2n) is 6.45. The van der Waals surface area contributed by atoms with E-state index < -0.39 is 29.1 Å². The van der Waals surface area contributed by atoms with Crippen LogP contribution in [0.2, 0.25) is 5.02 Å². The van der Waals surface area contributed by atoms with Crippen LogP contribution < -0.4 is 0 Å². The van der Waals surface area contributed by atoms with E-state index >= 15 is 0 Å². The van der Waals surface area contributed by atoms with Gasteiger partial charge in [0.2, 0.25) is 0 Å². The number of halogens is 1. The molecule has 3 rings (SSSR count). The Bertz CT molecular complexity index is 632. The number of fused-ring (bicyclic) bond motifs is 1. The molecule has 1 atom stereocenters. The van der Waals surface area contributed by atoms with E-state index in [2.05, 4.69) is 0 Å². The molecule has 1 aromatic carbocycles. The number of carbonyl (C=O) groups is 2. The van der Waals surface area contributed by atoms with Crippen LogP contribution in [0.25, 0.3) is 0 Å². The van der Waals surface area contributed by atoms with Crippen molar-refractivity contribution in [3.63, 3.8) is 0 Å². The van der Waals surface area contributed by atoms with Crippen molar-refractivity contribution in [2.45, 2.75) is 51.2 Å². The molecule has 0 radical (unpaired) electrons. The van der Waals surface area contributed by atoms with E-state index in [0.29, 0.717) is 17.9 Å². The van der Waals surface area contributed by atoms with Gasteiger partial charge in [0.15, 0.2) is 5.92 Å². The van der Waals surface area contributed by atoms with Gasteiger partial charge >= 0.3 is 11.9 Å². The molecule has 2 aliphatic rings. The van der Waals surface area contributed by atoms with Crippen molar-refractivity contribution in [2.75, 3.05) is 0 Å². The van der Waals surface area contributed by atoms with Crippen molar-refractivity contribution in [3.8, 4) is 0 Å². The van der Waals surface area contributed by atoms with Gasteiger partial charge in [-0.1, -0.05) is 30.7 Å². The number of hydrogen-bond acceptors (Lipinski definition) is 4. The molecule has 0 bridgehead atoms. The highest BCUT2D eigenvalue weighted by atomic mass is 35.5. The van der Waals surface area contributed by atoms with Crippen molar-refractivity contribution >= 4 is 23.5 Å². The number of hydrogen-bond donors (Lipinski definition) is 0. The summed E-state index contributed by atoms with van der Waals surface area (Å²) in [5, 5.41) is 0.686. The summed E-state index contributed by atoms with van der Waals surface area (Å²) in [7, 11) is 0. The van der Waals surface area contributed by atoms with Gasteiger partial charge in [0.25, 0.3) is 5.79 Å². The first-order valence-corrected chi connectivity index (χ1v) is 7.92. The van der Waals surface area contributed by atoms with Gasteiger partial charge in [0.05, 0.1) is 0 Å². The third-order valence-electron chi connectivity index (χ3n) is 4.82. The van der Waals surface area contributed by atoms with Crippen LogP contribution in [-0.4, -0.2) is 17.7 Å². The molecule has 0 spiro atoms. The predicted molar refractivity (Wildman–Crippen MR) is 81.5 cm³/mol. The zero-order valence-corrected chi connectivity index (χ0v) is 13.7. The second-order valence-corrected chi connectivity index (χ2v) is 6.86. The van der Waals surface area contributed by atoms with Crippen LogP contribution in [0.15, 0.2) is 18.2 Å². The molecule has 4 nitrogen and oxygen atoms in total. The summed E-state index contributed by atoms with van der Waals surface area (Å²) in [6.45, 7) is 5.12. The number of benzene rings is 1. The van der Waals surface area contributed by atoms with Gasteiger partial charge in [-0.3, -0.25) is 9.59 Å². The smallest absolute Gasteiger partial charge is 0.324 e. The van der Waals surface area contributed by atoms with E-state index in [-0.39, 0.29) is 0 Å². The second kappa shape index (κ2) is 4.98. The fourth-order valence-corrected chi connectivity index (χ4v) is 4.07. The number of cyclic esters (lactones) is 2. The number of rotatable bonds is 2. The van der Waals surface area contributed by atoms with Gasteiger partial charge in [-0.2, -0.15) is 0 Å². The van der Waals surface area contributed by atoms with Gasteiger partial charge < -0.3 is 9.47 Å². The monoisotopic (exact) mass is 322 g/mol. The van der Waals surface area contributed by atoms with Crippen LogP contribution >= 0.6 is 11.6 Å². The summed E-state index contributed by atoms with van der Waals surface area (Å²) in [6, 6.07) is 5.66. The number of ether oxygens (including phenoxy) is 2. The fourth-order valence-electron chi connectivity index (χ4n) is 3.80. The first-order chi connectivity index (χ1) is 10.3. The van der Waals surface area contributed by atoms with E-state index in [0.717, 1.165) is 17.5 Å². The zero-order valence-electron chi connectivity index (χ0n) is 12.9. The van der Waals surface area contributed by atoms with Crippen LogP contribution in [0, 0.1) is 5.92 Å². The average Bonchev–Trinajstić information content (AvgIpc) is 2.78. The van der Waals surface area contributed by atoms with E-state index in [1.54, 1.807) is 13.8 Å². The molecular formula is C17H19ClO4. The molecule has 22 heavy (non-hydrogen) atoms. The molecule has 1 aliphatic heterocycles. The average molecular weight is 323 g/mol. The van der Waals surface area contributed by atoms with E-state index in [4.69, 9.17) is 21.1 Å². The Morgan fingerprint density at radius 1 is 1.23 bits per heavy atom. The molecule has 0 N–H and O–H groups in total. The topological polar surface area (TPSA) is 52.6 Å². The van der Waals surface area contributed by atoms with Crippen LogP contribution in [0.5, 0.6) is 0 Å². The molecular weight excluding hydrogens is 304 g/mol. The molecule has 5 heteroatoms. The van der Waals surface area contributed by atoms with Crippen molar-refractivity contribution in [2.24, 2.45) is 5.92 Å². The minimum atomic E-state index is -1.20. The van der Waals surface area contributed by atoms with Gasteiger partial charge in [-0.25, -0.2) is 0 Å². The lowest BCUT2D eigenvalue weighted by Gasteiger charge is -2.41. The minimum Gasteiger partial charge on any atom is -0.422 e. The Kier molecular flexibility index (Phi) is 3.48. The van der Waals surface area contributed by atoms with Crippen molar-refractivity contribution in [3.05, 3.63) is 34.3 Å². The van der Waals surface area contributed by atoms with Crippen LogP contribution in [-0.2, 0) is 30.9 Å². The normalized spacial score (nSPS) is 27.3. The molecule has 1 heterocycles. The lowest BCUT2D eigenvalue weighted by Crippen LogP contribution is -2.53. The van der Waals surface area contributed by atoms with Gasteiger partial charge in [0, 0.05) is 24.3 Å². The molecule has 1 fully saturated rings. The molecule has 1 saturated heterocycles. The summed E-state index contributed by atoms with van der Waals surface area (Å²) in [4.78, 5) is 25.0. The maximum absolute atomic E-state index is 12.5. The Morgan fingerprint density at radius 3 is 2.45 bits per heavy atom. The standard InChI is InChI=1S/C17H19ClO4/c1-4-17(9-8-10-11(17)6-5-7-12(10)18)13-14(19)21-16(2,3)22-15(13)20/h5-7,13H,4,8-9H2,1-3H3/t17-/m1/s1. The maximum Gasteiger partial charge on any atom is 0.324 e. The van der Waals surface area contributed by atoms with E-state index in [9.17, 15) is 9.59 Å². The fraction of sp³-hybridized carbons (Fsp3) is 0.529. The third kappa shape index (κ3) is 2.12. The van der Waals surface area contributed by atoms with Gasteiger partial charge in [-0.05, 0) is 36.5 Å². The summed E-state index contributed by atoms with van der Waals surface area (Å²) >= 11 is 6.28. The zero-order chi connectivity index (χ0) is 16.1. The van der Waals surface area contributed by atoms with E-state index in [1.165, 1.54) is 0 Å². The molecule has 1 aromatic rings. The minimum absolute atomic E-state index is 0.504. The van der Waals surface area contributed by atoms with E-state index in [1.807, 2.05) is 25.1 Å². The number of esters is 2. The quantitative estimate of drug-likeness (QED) is 0.618. The molecule has 0 aromatic heterocycles. The third-order valence-corrected chi connectivity index (χ3v) is 5.18. The molecule has 0 amide bonds. The van der Waals surface area contributed by atoms with Gasteiger partial charge in [-0.15, -0.1) is 0 Å². The van der Waals surface area contributed by atoms with Gasteiger partial charge in [0.1, 0.15) is 0 Å². The first kappa shape index (κ1) is 15.3. The lowest BCUT2D eigenvalue weighted by atomic mass is 9.68. The Labute approximate surface area is 134 Å². The van der Waals surface area contributed by atoms with Crippen LogP contribution in [0.1, 0.15) is 44.7 Å².